The van der Waals surface area contributed by atoms with Gasteiger partial charge in [-0.2, -0.15) is 0 Å². The van der Waals surface area contributed by atoms with Crippen molar-refractivity contribution in [2.24, 2.45) is 0 Å². The van der Waals surface area contributed by atoms with Crippen LogP contribution in [0.5, 0.6) is 0 Å². The molecule has 0 fully saturated rings. The van der Waals surface area contributed by atoms with Crippen LogP contribution in [0.3, 0.4) is 0 Å². The Hall–Kier alpha value is -2.87. The molecule has 0 amide bonds. The van der Waals surface area contributed by atoms with E-state index >= 15 is 0 Å². The van der Waals surface area contributed by atoms with Crippen LogP contribution in [0.25, 0.3) is 28.1 Å². The molecule has 0 N–H and O–H groups in total. The second kappa shape index (κ2) is 6.38. The van der Waals surface area contributed by atoms with E-state index in [1.165, 1.54) is 18.2 Å². The van der Waals surface area contributed by atoms with E-state index in [4.69, 9.17) is 13.2 Å². The lowest BCUT2D eigenvalue weighted by Gasteiger charge is -2.20. The molecular weight excluding hydrogens is 328 g/mol. The van der Waals surface area contributed by atoms with Crippen LogP contribution in [-0.2, 0) is 5.41 Å². The van der Waals surface area contributed by atoms with Crippen LogP contribution in [0.1, 0.15) is 45.7 Å². The van der Waals surface area contributed by atoms with Gasteiger partial charge >= 0.3 is 0 Å². The maximum absolute atomic E-state index is 8.13. The zero-order valence-electron chi connectivity index (χ0n) is 21.7. The highest BCUT2D eigenvalue weighted by Gasteiger charge is 2.19. The number of fused-ring (bicyclic) bond motifs is 1. The Kier molecular flexibility index (Phi) is 2.78. The van der Waals surface area contributed by atoms with Gasteiger partial charge in [-0.3, -0.25) is 4.57 Å². The summed E-state index contributed by atoms with van der Waals surface area (Å²) in [6.07, 6.45) is 0. The van der Waals surface area contributed by atoms with Crippen molar-refractivity contribution in [3.8, 4) is 17.1 Å². The highest BCUT2D eigenvalue weighted by Crippen LogP contribution is 2.33. The summed E-state index contributed by atoms with van der Waals surface area (Å²) in [4.78, 5) is 4.82. The largest absolute Gasteiger partial charge is 0.292 e. The molecule has 1 aromatic heterocycles. The van der Waals surface area contributed by atoms with E-state index in [1.54, 1.807) is 4.57 Å². The van der Waals surface area contributed by atoms with Crippen molar-refractivity contribution in [2.45, 2.75) is 39.9 Å². The van der Waals surface area contributed by atoms with E-state index in [0.29, 0.717) is 16.9 Å². The smallest absolute Gasteiger partial charge is 0.145 e. The summed E-state index contributed by atoms with van der Waals surface area (Å²) >= 11 is 0. The van der Waals surface area contributed by atoms with Gasteiger partial charge in [0.25, 0.3) is 0 Å². The molecule has 3 aromatic carbocycles. The Labute approximate surface area is 169 Å². The number of aryl methyl sites for hydroxylation is 2. The van der Waals surface area contributed by atoms with E-state index in [2.05, 4.69) is 20.8 Å². The van der Waals surface area contributed by atoms with Gasteiger partial charge in [-0.15, -0.1) is 0 Å². The molecule has 0 spiro atoms. The first-order chi connectivity index (χ1) is 15.3. The summed E-state index contributed by atoms with van der Waals surface area (Å²) in [5.41, 5.74) is 3.19. The Bertz CT molecular complexity index is 1290. The molecule has 0 radical (unpaired) electrons. The molecule has 0 aliphatic heterocycles. The third-order valence-corrected chi connectivity index (χ3v) is 4.81. The molecule has 1 heterocycles. The van der Waals surface area contributed by atoms with E-state index in [0.717, 1.165) is 11.1 Å². The molecule has 0 saturated heterocycles. The summed E-state index contributed by atoms with van der Waals surface area (Å²) < 4.78 is 50.5. The van der Waals surface area contributed by atoms with Gasteiger partial charge < -0.3 is 0 Å². The molecule has 4 rings (SSSR count). The summed E-state index contributed by atoms with van der Waals surface area (Å²) in [7, 11) is 0. The van der Waals surface area contributed by atoms with Gasteiger partial charge in [0.05, 0.1) is 16.7 Å². The van der Waals surface area contributed by atoms with Crippen molar-refractivity contribution in [3.05, 3.63) is 83.4 Å². The van der Waals surface area contributed by atoms with Gasteiger partial charge in [-0.05, 0) is 54.0 Å². The van der Waals surface area contributed by atoms with Crippen molar-refractivity contribution < 1.29 is 8.22 Å². The highest BCUT2D eigenvalue weighted by atomic mass is 15.1. The molecule has 0 bridgehead atoms. The molecule has 0 atom stereocenters. The summed E-state index contributed by atoms with van der Waals surface area (Å²) in [6.45, 7) is 1.34. The van der Waals surface area contributed by atoms with E-state index in [9.17, 15) is 0 Å². The second-order valence-corrected chi connectivity index (χ2v) is 7.79. The monoisotopic (exact) mass is 360 g/mol. The third kappa shape index (κ3) is 3.06. The van der Waals surface area contributed by atoms with Gasteiger partial charge in [-0.1, -0.05) is 69.3 Å². The molecule has 2 nitrogen and oxygen atoms in total. The summed E-state index contributed by atoms with van der Waals surface area (Å²) in [5, 5.41) is 0. The average Bonchev–Trinajstić information content (AvgIpc) is 3.11. The number of hydrogen-bond donors (Lipinski definition) is 0. The lowest BCUT2D eigenvalue weighted by Crippen LogP contribution is -2.11. The number of hydrogen-bond acceptors (Lipinski definition) is 1. The number of nitrogens with zero attached hydrogens (tertiary/aromatic N) is 2. The summed E-state index contributed by atoms with van der Waals surface area (Å²) in [6, 6.07) is 19.7. The Morgan fingerprint density at radius 3 is 2.26 bits per heavy atom. The zero-order chi connectivity index (χ0) is 24.2. The van der Waals surface area contributed by atoms with Gasteiger partial charge in [0.1, 0.15) is 5.82 Å². The molecule has 136 valence electrons. The SMILES string of the molecule is [2H]C([2H])([2H])c1cccc(C([2H])([2H])[2H])c1-n1c(-c2cccc(C(C)(C)C)c2)nc2ccccc21. The van der Waals surface area contributed by atoms with Crippen LogP contribution >= 0.6 is 0 Å². The van der Waals surface area contributed by atoms with Gasteiger partial charge in [-0.25, -0.2) is 4.98 Å². The first kappa shape index (κ1) is 11.8. The van der Waals surface area contributed by atoms with Crippen LogP contribution in [0.2, 0.25) is 0 Å². The van der Waals surface area contributed by atoms with Crippen molar-refractivity contribution in [3.63, 3.8) is 0 Å². The lowest BCUT2D eigenvalue weighted by atomic mass is 9.86. The fourth-order valence-corrected chi connectivity index (χ4v) is 3.36. The normalized spacial score (nSPS) is 16.1. The lowest BCUT2D eigenvalue weighted by molar-refractivity contribution is 0.590. The highest BCUT2D eigenvalue weighted by molar-refractivity contribution is 5.84. The molecule has 4 aromatic rings. The molecule has 0 unspecified atom stereocenters. The quantitative estimate of drug-likeness (QED) is 0.393. The number of rotatable bonds is 2. The molecular formula is C25H26N2. The fourth-order valence-electron chi connectivity index (χ4n) is 3.36. The van der Waals surface area contributed by atoms with E-state index in [1.807, 2.05) is 48.5 Å². The molecule has 0 aliphatic carbocycles. The van der Waals surface area contributed by atoms with E-state index < -0.39 is 13.7 Å². The van der Waals surface area contributed by atoms with Crippen LogP contribution < -0.4 is 0 Å². The van der Waals surface area contributed by atoms with Gasteiger partial charge in [0.15, 0.2) is 0 Å². The Balaban J connectivity index is 2.16. The van der Waals surface area contributed by atoms with E-state index in [-0.39, 0.29) is 22.2 Å². The zero-order valence-corrected chi connectivity index (χ0v) is 15.7. The molecule has 0 aliphatic rings. The maximum Gasteiger partial charge on any atom is 0.145 e. The van der Waals surface area contributed by atoms with Crippen LogP contribution in [0, 0.1) is 13.7 Å². The minimum atomic E-state index is -2.51. The predicted octanol–water partition coefficient (Wildman–Crippen LogP) is 6.61. The first-order valence-electron chi connectivity index (χ1n) is 12.0. The predicted molar refractivity (Wildman–Crippen MR) is 115 cm³/mol. The Morgan fingerprint density at radius 2 is 1.56 bits per heavy atom. The molecule has 0 saturated carbocycles. The standard InChI is InChI=1S/C25H26N2/c1-17-10-8-11-18(2)23(17)27-22-15-7-6-14-21(22)26-24(27)19-12-9-13-20(16-19)25(3,4)5/h6-16H,1-5H3/i1D3,2D3. The van der Waals surface area contributed by atoms with Crippen LogP contribution in [0.4, 0.5) is 0 Å². The second-order valence-electron chi connectivity index (χ2n) is 7.79. The van der Waals surface area contributed by atoms with Crippen LogP contribution in [0.15, 0.2) is 66.7 Å². The Morgan fingerprint density at radius 1 is 0.852 bits per heavy atom. The first-order valence-corrected chi connectivity index (χ1v) is 9.01. The van der Waals surface area contributed by atoms with Crippen molar-refractivity contribution >= 4 is 11.0 Å². The summed E-state index contributed by atoms with van der Waals surface area (Å²) in [5.74, 6) is 0.504. The minimum Gasteiger partial charge on any atom is -0.292 e. The number of benzene rings is 3. The van der Waals surface area contributed by atoms with Crippen LogP contribution in [-0.4, -0.2) is 9.55 Å². The minimum absolute atomic E-state index is 0.0208. The number of para-hydroxylation sites is 3. The third-order valence-electron chi connectivity index (χ3n) is 4.81. The fraction of sp³-hybridized carbons (Fsp3) is 0.240. The van der Waals surface area contributed by atoms with Gasteiger partial charge in [0, 0.05) is 13.8 Å². The van der Waals surface area contributed by atoms with Crippen molar-refractivity contribution in [1.29, 1.82) is 0 Å². The number of aromatic nitrogens is 2. The topological polar surface area (TPSA) is 17.8 Å². The average molecular weight is 361 g/mol. The van der Waals surface area contributed by atoms with Crippen molar-refractivity contribution in [2.75, 3.05) is 0 Å². The van der Waals surface area contributed by atoms with Gasteiger partial charge in [0.2, 0.25) is 0 Å². The molecule has 2 heteroatoms. The van der Waals surface area contributed by atoms with Crippen molar-refractivity contribution in [1.82, 2.24) is 9.55 Å². The molecule has 27 heavy (non-hydrogen) atoms. The number of imidazole rings is 1. The maximum atomic E-state index is 8.13.